The van der Waals surface area contributed by atoms with Crippen molar-refractivity contribution in [1.29, 1.82) is 0 Å². The molecule has 2 rings (SSSR count). The summed E-state index contributed by atoms with van der Waals surface area (Å²) in [5, 5.41) is 5.51. The summed E-state index contributed by atoms with van der Waals surface area (Å²) in [6.07, 6.45) is 0. The van der Waals surface area contributed by atoms with Gasteiger partial charge in [-0.05, 0) is 48.1 Å². The third-order valence-electron chi connectivity index (χ3n) is 4.40. The van der Waals surface area contributed by atoms with Gasteiger partial charge in [0.25, 0.3) is 5.91 Å². The molecule has 2 amide bonds. The summed E-state index contributed by atoms with van der Waals surface area (Å²) in [5.41, 5.74) is 5.19. The maximum Gasteiger partial charge on any atom is 0.251 e. The van der Waals surface area contributed by atoms with Crippen LogP contribution in [0.25, 0.3) is 0 Å². The van der Waals surface area contributed by atoms with Crippen LogP contribution in [0.3, 0.4) is 0 Å². The maximum absolute atomic E-state index is 12.2. The number of amides is 2. The van der Waals surface area contributed by atoms with Gasteiger partial charge in [-0.15, -0.1) is 0 Å². The van der Waals surface area contributed by atoms with Crippen LogP contribution >= 0.6 is 0 Å². The quantitative estimate of drug-likeness (QED) is 0.863. The molecule has 0 radical (unpaired) electrons. The number of carbonyl (C=O) groups excluding carboxylic acids is 2. The van der Waals surface area contributed by atoms with E-state index >= 15 is 0 Å². The number of benzene rings is 2. The first-order valence-corrected chi connectivity index (χ1v) is 8.88. The molecule has 0 aliphatic heterocycles. The first kappa shape index (κ1) is 19.7. The third kappa shape index (κ3) is 5.45. The van der Waals surface area contributed by atoms with Crippen LogP contribution in [0.2, 0.25) is 0 Å². The zero-order valence-electron chi connectivity index (χ0n) is 16.3. The Kier molecular flexibility index (Phi) is 6.19. The molecule has 0 spiro atoms. The normalized spacial score (nSPS) is 11.1. The topological polar surface area (TPSA) is 58.2 Å². The second-order valence-electron chi connectivity index (χ2n) is 7.72. The predicted octanol–water partition coefficient (Wildman–Crippen LogP) is 3.65. The van der Waals surface area contributed by atoms with E-state index in [9.17, 15) is 9.59 Å². The first-order chi connectivity index (χ1) is 12.2. The molecule has 4 nitrogen and oxygen atoms in total. The van der Waals surface area contributed by atoms with E-state index in [2.05, 4.69) is 37.5 Å². The maximum atomic E-state index is 12.2. The minimum absolute atomic E-state index is 0.0369. The fourth-order valence-electron chi connectivity index (χ4n) is 2.68. The van der Waals surface area contributed by atoms with Gasteiger partial charge in [0.15, 0.2) is 0 Å². The Morgan fingerprint density at radius 2 is 1.58 bits per heavy atom. The summed E-state index contributed by atoms with van der Waals surface area (Å²) in [6.45, 7) is 10.9. The summed E-state index contributed by atoms with van der Waals surface area (Å²) in [6, 6.07) is 13.6. The molecule has 2 N–H and O–H groups in total. The molecular formula is C22H28N2O2. The van der Waals surface area contributed by atoms with Crippen LogP contribution in [0.5, 0.6) is 0 Å². The third-order valence-corrected chi connectivity index (χ3v) is 4.40. The van der Waals surface area contributed by atoms with E-state index in [1.807, 2.05) is 38.1 Å². The molecule has 0 aliphatic carbocycles. The van der Waals surface area contributed by atoms with Gasteiger partial charge >= 0.3 is 0 Å². The molecule has 0 fully saturated rings. The fraction of sp³-hybridized carbons (Fsp3) is 0.364. The SMILES string of the molecule is Cc1ccc(CNC(=O)CNC(=O)c2ccc(C(C)(C)C)cc2)c(C)c1. The van der Waals surface area contributed by atoms with Gasteiger partial charge in [0.1, 0.15) is 0 Å². The van der Waals surface area contributed by atoms with Crippen molar-refractivity contribution in [2.24, 2.45) is 0 Å². The predicted molar refractivity (Wildman–Crippen MR) is 105 cm³/mol. The molecule has 0 aliphatic rings. The highest BCUT2D eigenvalue weighted by atomic mass is 16.2. The highest BCUT2D eigenvalue weighted by Crippen LogP contribution is 2.22. The van der Waals surface area contributed by atoms with Gasteiger partial charge in [0.05, 0.1) is 6.54 Å². The zero-order valence-corrected chi connectivity index (χ0v) is 16.3. The van der Waals surface area contributed by atoms with Crippen LogP contribution in [0.15, 0.2) is 42.5 Å². The molecule has 0 saturated heterocycles. The van der Waals surface area contributed by atoms with Crippen LogP contribution in [-0.4, -0.2) is 18.4 Å². The minimum Gasteiger partial charge on any atom is -0.350 e. The molecular weight excluding hydrogens is 324 g/mol. The smallest absolute Gasteiger partial charge is 0.251 e. The van der Waals surface area contributed by atoms with Gasteiger partial charge in [-0.25, -0.2) is 0 Å². The lowest BCUT2D eigenvalue weighted by Gasteiger charge is -2.19. The van der Waals surface area contributed by atoms with Crippen molar-refractivity contribution < 1.29 is 9.59 Å². The molecule has 4 heteroatoms. The first-order valence-electron chi connectivity index (χ1n) is 8.88. The summed E-state index contributed by atoms with van der Waals surface area (Å²) in [7, 11) is 0. The van der Waals surface area contributed by atoms with E-state index in [1.165, 1.54) is 11.1 Å². The van der Waals surface area contributed by atoms with Crippen molar-refractivity contribution >= 4 is 11.8 Å². The van der Waals surface area contributed by atoms with Crippen molar-refractivity contribution in [2.75, 3.05) is 6.54 Å². The lowest BCUT2D eigenvalue weighted by molar-refractivity contribution is -0.120. The van der Waals surface area contributed by atoms with Crippen LogP contribution in [-0.2, 0) is 16.8 Å². The second kappa shape index (κ2) is 8.17. The highest BCUT2D eigenvalue weighted by molar-refractivity contribution is 5.96. The molecule has 0 heterocycles. The summed E-state index contributed by atoms with van der Waals surface area (Å²) >= 11 is 0. The molecule has 2 aromatic rings. The van der Waals surface area contributed by atoms with E-state index in [-0.39, 0.29) is 23.8 Å². The molecule has 0 aromatic heterocycles. The zero-order chi connectivity index (χ0) is 19.3. The van der Waals surface area contributed by atoms with E-state index in [1.54, 1.807) is 12.1 Å². The average molecular weight is 352 g/mol. The van der Waals surface area contributed by atoms with Crippen molar-refractivity contribution in [3.05, 3.63) is 70.3 Å². The molecule has 138 valence electrons. The van der Waals surface area contributed by atoms with Crippen LogP contribution < -0.4 is 10.6 Å². The summed E-state index contributed by atoms with van der Waals surface area (Å²) < 4.78 is 0. The van der Waals surface area contributed by atoms with Crippen molar-refractivity contribution in [1.82, 2.24) is 10.6 Å². The summed E-state index contributed by atoms with van der Waals surface area (Å²) in [4.78, 5) is 24.2. The molecule has 0 bridgehead atoms. The molecule has 0 unspecified atom stereocenters. The standard InChI is InChI=1S/C22H28N2O2/c1-15-6-7-18(16(2)12-15)13-23-20(25)14-24-21(26)17-8-10-19(11-9-17)22(3,4)5/h6-12H,13-14H2,1-5H3,(H,23,25)(H,24,26). The number of carbonyl (C=O) groups is 2. The van der Waals surface area contributed by atoms with Gasteiger partial charge in [0.2, 0.25) is 5.91 Å². The average Bonchev–Trinajstić information content (AvgIpc) is 2.58. The van der Waals surface area contributed by atoms with Crippen LogP contribution in [0, 0.1) is 13.8 Å². The van der Waals surface area contributed by atoms with Crippen molar-refractivity contribution in [3.8, 4) is 0 Å². The van der Waals surface area contributed by atoms with Crippen LogP contribution in [0.1, 0.15) is 53.4 Å². The summed E-state index contributed by atoms with van der Waals surface area (Å²) in [5.74, 6) is -0.447. The van der Waals surface area contributed by atoms with Gasteiger partial charge in [0, 0.05) is 12.1 Å². The van der Waals surface area contributed by atoms with E-state index in [0.29, 0.717) is 12.1 Å². The Bertz CT molecular complexity index is 787. The largest absolute Gasteiger partial charge is 0.350 e. The molecule has 0 saturated carbocycles. The van der Waals surface area contributed by atoms with Gasteiger partial charge < -0.3 is 10.6 Å². The number of aryl methyl sites for hydroxylation is 2. The molecule has 26 heavy (non-hydrogen) atoms. The minimum atomic E-state index is -0.243. The Morgan fingerprint density at radius 1 is 0.923 bits per heavy atom. The van der Waals surface area contributed by atoms with Crippen LogP contribution in [0.4, 0.5) is 0 Å². The van der Waals surface area contributed by atoms with Crippen molar-refractivity contribution in [3.63, 3.8) is 0 Å². The number of hydrogen-bond acceptors (Lipinski definition) is 2. The Labute approximate surface area is 156 Å². The lowest BCUT2D eigenvalue weighted by Crippen LogP contribution is -2.36. The second-order valence-corrected chi connectivity index (χ2v) is 7.72. The molecule has 0 atom stereocenters. The highest BCUT2D eigenvalue weighted by Gasteiger charge is 2.14. The van der Waals surface area contributed by atoms with Gasteiger partial charge in [-0.1, -0.05) is 56.7 Å². The number of nitrogens with one attached hydrogen (secondary N) is 2. The monoisotopic (exact) mass is 352 g/mol. The Morgan fingerprint density at radius 3 is 2.15 bits per heavy atom. The Balaban J connectivity index is 1.84. The van der Waals surface area contributed by atoms with E-state index in [4.69, 9.17) is 0 Å². The van der Waals surface area contributed by atoms with E-state index in [0.717, 1.165) is 11.1 Å². The molecule has 2 aromatic carbocycles. The van der Waals surface area contributed by atoms with E-state index < -0.39 is 0 Å². The Hall–Kier alpha value is -2.62. The van der Waals surface area contributed by atoms with Gasteiger partial charge in [-0.2, -0.15) is 0 Å². The van der Waals surface area contributed by atoms with Crippen molar-refractivity contribution in [2.45, 2.75) is 46.6 Å². The number of hydrogen-bond donors (Lipinski definition) is 2. The number of rotatable bonds is 5. The fourth-order valence-corrected chi connectivity index (χ4v) is 2.68. The lowest BCUT2D eigenvalue weighted by atomic mass is 9.87. The van der Waals surface area contributed by atoms with Gasteiger partial charge in [-0.3, -0.25) is 9.59 Å².